The number of rotatable bonds is 8. The van der Waals surface area contributed by atoms with E-state index in [1.165, 1.54) is 28.6 Å². The number of carbonyl (C=O) groups excluding carboxylic acids is 1. The molecule has 0 atom stereocenters. The number of hydrogen-bond acceptors (Lipinski definition) is 4. The van der Waals surface area contributed by atoms with Crippen LogP contribution >= 0.6 is 0 Å². The zero-order valence-corrected chi connectivity index (χ0v) is 18.9. The predicted molar refractivity (Wildman–Crippen MR) is 124 cm³/mol. The molecule has 0 radical (unpaired) electrons. The highest BCUT2D eigenvalue weighted by molar-refractivity contribution is 7.92. The van der Waals surface area contributed by atoms with Crippen LogP contribution in [-0.4, -0.2) is 26.7 Å². The summed E-state index contributed by atoms with van der Waals surface area (Å²) < 4.78 is 44.8. The van der Waals surface area contributed by atoms with Gasteiger partial charge in [0.2, 0.25) is 10.0 Å². The van der Waals surface area contributed by atoms with Crippen LogP contribution in [0.3, 0.4) is 0 Å². The Morgan fingerprint density at radius 2 is 1.62 bits per heavy atom. The number of amides is 1. The zero-order valence-electron chi connectivity index (χ0n) is 18.1. The molecule has 0 unspecified atom stereocenters. The molecule has 0 aliphatic heterocycles. The lowest BCUT2D eigenvalue weighted by atomic mass is 10.1. The van der Waals surface area contributed by atoms with Gasteiger partial charge in [0, 0.05) is 5.56 Å². The molecular formula is C24H25FN2O4S. The summed E-state index contributed by atoms with van der Waals surface area (Å²) in [6.07, 6.45) is 1.05. The van der Waals surface area contributed by atoms with Crippen molar-refractivity contribution in [1.82, 2.24) is 0 Å². The Kier molecular flexibility index (Phi) is 7.15. The number of hydrogen-bond donors (Lipinski definition) is 1. The van der Waals surface area contributed by atoms with Gasteiger partial charge >= 0.3 is 0 Å². The van der Waals surface area contributed by atoms with Crippen molar-refractivity contribution in [3.05, 3.63) is 89.7 Å². The maximum Gasteiger partial charge on any atom is 0.255 e. The topological polar surface area (TPSA) is 75.7 Å². The number of nitrogens with one attached hydrogen (secondary N) is 1. The van der Waals surface area contributed by atoms with Crippen molar-refractivity contribution in [2.45, 2.75) is 26.5 Å². The van der Waals surface area contributed by atoms with Gasteiger partial charge < -0.3 is 10.1 Å². The van der Waals surface area contributed by atoms with Crippen LogP contribution in [0.5, 0.6) is 5.75 Å². The zero-order chi connectivity index (χ0) is 23.3. The SMILES string of the molecule is CC(C)Oc1ccccc1NC(=O)c1ccc(N(Cc2ccc(F)cc2)S(C)(=O)=O)cc1. The van der Waals surface area contributed by atoms with Crippen molar-refractivity contribution in [2.24, 2.45) is 0 Å². The number of ether oxygens (including phenoxy) is 1. The van der Waals surface area contributed by atoms with E-state index in [1.54, 1.807) is 42.5 Å². The largest absolute Gasteiger partial charge is 0.489 e. The molecule has 8 heteroatoms. The van der Waals surface area contributed by atoms with Gasteiger partial charge in [-0.25, -0.2) is 12.8 Å². The maximum absolute atomic E-state index is 13.2. The Hall–Kier alpha value is -3.39. The van der Waals surface area contributed by atoms with Gasteiger partial charge in [-0.3, -0.25) is 9.10 Å². The summed E-state index contributed by atoms with van der Waals surface area (Å²) in [5.74, 6) is -0.175. The molecule has 0 saturated carbocycles. The molecule has 0 aliphatic carbocycles. The molecule has 0 bridgehead atoms. The Bertz CT molecular complexity index is 1180. The molecule has 3 rings (SSSR count). The van der Waals surface area contributed by atoms with Crippen LogP contribution in [-0.2, 0) is 16.6 Å². The van der Waals surface area contributed by atoms with Gasteiger partial charge in [-0.15, -0.1) is 0 Å². The number of carbonyl (C=O) groups is 1. The maximum atomic E-state index is 13.2. The molecule has 32 heavy (non-hydrogen) atoms. The number of anilines is 2. The van der Waals surface area contributed by atoms with E-state index < -0.39 is 15.8 Å². The summed E-state index contributed by atoms with van der Waals surface area (Å²) in [6, 6.07) is 19.0. The lowest BCUT2D eigenvalue weighted by Gasteiger charge is -2.23. The van der Waals surface area contributed by atoms with Crippen molar-refractivity contribution in [1.29, 1.82) is 0 Å². The van der Waals surface area contributed by atoms with E-state index in [1.807, 2.05) is 19.9 Å². The molecule has 0 aliphatic rings. The molecule has 6 nitrogen and oxygen atoms in total. The molecule has 0 aromatic heterocycles. The Morgan fingerprint density at radius 1 is 1.00 bits per heavy atom. The van der Waals surface area contributed by atoms with E-state index in [-0.39, 0.29) is 18.6 Å². The van der Waals surface area contributed by atoms with E-state index in [0.29, 0.717) is 28.3 Å². The van der Waals surface area contributed by atoms with Gasteiger partial charge in [-0.2, -0.15) is 0 Å². The third-order valence-electron chi connectivity index (χ3n) is 4.56. The molecule has 168 valence electrons. The standard InChI is InChI=1S/C24H25FN2O4S/c1-17(2)31-23-7-5-4-6-22(23)26-24(28)19-10-14-21(15-11-19)27(32(3,29)30)16-18-8-12-20(25)13-9-18/h4-15,17H,16H2,1-3H3,(H,26,28). The van der Waals surface area contributed by atoms with Crippen LogP contribution in [0, 0.1) is 5.82 Å². The first kappa shape index (κ1) is 23.3. The molecule has 1 N–H and O–H groups in total. The Labute approximate surface area is 187 Å². The second kappa shape index (κ2) is 9.82. The van der Waals surface area contributed by atoms with Crippen LogP contribution in [0.15, 0.2) is 72.8 Å². The third-order valence-corrected chi connectivity index (χ3v) is 5.70. The number of nitrogens with zero attached hydrogens (tertiary/aromatic N) is 1. The highest BCUT2D eigenvalue weighted by Crippen LogP contribution is 2.26. The summed E-state index contributed by atoms with van der Waals surface area (Å²) in [5, 5.41) is 2.82. The first-order valence-corrected chi connectivity index (χ1v) is 11.9. The monoisotopic (exact) mass is 456 g/mol. The van der Waals surface area contributed by atoms with E-state index in [0.717, 1.165) is 6.26 Å². The minimum Gasteiger partial charge on any atom is -0.489 e. The molecule has 0 fully saturated rings. The Morgan fingerprint density at radius 3 is 2.22 bits per heavy atom. The van der Waals surface area contributed by atoms with Crippen LogP contribution in [0.2, 0.25) is 0 Å². The summed E-state index contributed by atoms with van der Waals surface area (Å²) in [7, 11) is -3.60. The molecule has 0 heterocycles. The van der Waals surface area contributed by atoms with Crippen LogP contribution in [0.4, 0.5) is 15.8 Å². The van der Waals surface area contributed by atoms with Crippen molar-refractivity contribution < 1.29 is 22.3 Å². The predicted octanol–water partition coefficient (Wildman–Crippen LogP) is 4.83. The van der Waals surface area contributed by atoms with Gasteiger partial charge in [-0.05, 0) is 67.9 Å². The lowest BCUT2D eigenvalue weighted by Crippen LogP contribution is -2.29. The minimum atomic E-state index is -3.60. The van der Waals surface area contributed by atoms with E-state index in [2.05, 4.69) is 5.32 Å². The number of para-hydroxylation sites is 2. The van der Waals surface area contributed by atoms with Crippen molar-refractivity contribution in [2.75, 3.05) is 15.9 Å². The van der Waals surface area contributed by atoms with Gasteiger partial charge in [0.25, 0.3) is 5.91 Å². The fraction of sp³-hybridized carbons (Fsp3) is 0.208. The quantitative estimate of drug-likeness (QED) is 0.527. The highest BCUT2D eigenvalue weighted by atomic mass is 32.2. The van der Waals surface area contributed by atoms with E-state index in [4.69, 9.17) is 4.74 Å². The first-order chi connectivity index (χ1) is 15.1. The van der Waals surface area contributed by atoms with E-state index in [9.17, 15) is 17.6 Å². The molecule has 3 aromatic carbocycles. The van der Waals surface area contributed by atoms with Gasteiger partial charge in [0.15, 0.2) is 0 Å². The summed E-state index contributed by atoms with van der Waals surface area (Å²) in [6.45, 7) is 3.85. The number of sulfonamides is 1. The van der Waals surface area contributed by atoms with Crippen molar-refractivity contribution in [3.63, 3.8) is 0 Å². The molecule has 3 aromatic rings. The van der Waals surface area contributed by atoms with Gasteiger partial charge in [0.05, 0.1) is 30.3 Å². The van der Waals surface area contributed by atoms with Crippen LogP contribution in [0.25, 0.3) is 0 Å². The second-order valence-corrected chi connectivity index (χ2v) is 9.47. The third kappa shape index (κ3) is 6.07. The van der Waals surface area contributed by atoms with E-state index >= 15 is 0 Å². The van der Waals surface area contributed by atoms with Crippen LogP contribution < -0.4 is 14.4 Å². The summed E-state index contributed by atoms with van der Waals surface area (Å²) in [4.78, 5) is 12.7. The minimum absolute atomic E-state index is 0.0459. The smallest absolute Gasteiger partial charge is 0.255 e. The Balaban J connectivity index is 1.79. The summed E-state index contributed by atoms with van der Waals surface area (Å²) >= 11 is 0. The number of benzene rings is 3. The molecule has 0 spiro atoms. The van der Waals surface area contributed by atoms with Crippen molar-refractivity contribution in [3.8, 4) is 5.75 Å². The average Bonchev–Trinajstić information content (AvgIpc) is 2.73. The fourth-order valence-corrected chi connectivity index (χ4v) is 3.94. The van der Waals surface area contributed by atoms with Crippen molar-refractivity contribution >= 4 is 27.3 Å². The number of halogens is 1. The normalized spacial score (nSPS) is 11.3. The highest BCUT2D eigenvalue weighted by Gasteiger charge is 2.19. The summed E-state index contributed by atoms with van der Waals surface area (Å²) in [5.41, 5.74) is 1.95. The molecular weight excluding hydrogens is 431 g/mol. The fourth-order valence-electron chi connectivity index (χ4n) is 3.06. The van der Waals surface area contributed by atoms with Gasteiger partial charge in [-0.1, -0.05) is 24.3 Å². The second-order valence-electron chi connectivity index (χ2n) is 7.56. The lowest BCUT2D eigenvalue weighted by molar-refractivity contribution is 0.102. The first-order valence-electron chi connectivity index (χ1n) is 10.0. The molecule has 0 saturated heterocycles. The molecule has 1 amide bonds. The average molecular weight is 457 g/mol. The van der Waals surface area contributed by atoms with Gasteiger partial charge in [0.1, 0.15) is 11.6 Å². The van der Waals surface area contributed by atoms with Crippen LogP contribution in [0.1, 0.15) is 29.8 Å².